The van der Waals surface area contributed by atoms with Gasteiger partial charge < -0.3 is 56.1 Å². The summed E-state index contributed by atoms with van der Waals surface area (Å²) < 4.78 is 0. The molecule has 0 saturated heterocycles. The minimum absolute atomic E-state index is 0.0234. The molecule has 15 heteroatoms. The molecule has 2 heterocycles. The highest BCUT2D eigenvalue weighted by molar-refractivity contribution is 6.11. The summed E-state index contributed by atoms with van der Waals surface area (Å²) in [6.45, 7) is 4.56. The van der Waals surface area contributed by atoms with Gasteiger partial charge in [0.25, 0.3) is 11.8 Å². The maximum absolute atomic E-state index is 13.8. The van der Waals surface area contributed by atoms with E-state index in [-0.39, 0.29) is 34.2 Å². The van der Waals surface area contributed by atoms with E-state index in [0.29, 0.717) is 131 Å². The van der Waals surface area contributed by atoms with E-state index in [1.54, 1.807) is 36.4 Å². The van der Waals surface area contributed by atoms with Gasteiger partial charge in [-0.1, -0.05) is 0 Å². The Bertz CT molecular complexity index is 2410. The van der Waals surface area contributed by atoms with Crippen LogP contribution in [0, 0.1) is 0 Å². The number of phenolic OH excluding ortho intramolecular Hbond substituents is 2. The number of rotatable bonds is 18. The van der Waals surface area contributed by atoms with Crippen LogP contribution < -0.4 is 32.1 Å². The first-order chi connectivity index (χ1) is 27.8. The van der Waals surface area contributed by atoms with Crippen molar-refractivity contribution in [3.05, 3.63) is 92.2 Å². The first kappa shape index (κ1) is 41.5. The Morgan fingerprint density at radius 2 is 0.948 bits per heavy atom. The molecule has 4 aromatic carbocycles. The number of amides is 2. The molecule has 2 aromatic heterocycles. The molecule has 0 aliphatic rings. The standard InChI is InChI=1S/C43H53N9O6/c1-50(2)22-18-46-42(57)28-10-14-34-36(40(55)30-24-26(53)8-12-32(30)48-34)38(28)44-16-6-20-52(5)21-7-17-45-39-29(43(58)47-19-23-51(3)4)11-15-35-37(39)41(56)31-25-27(54)9-13-33(31)49-35/h8-15,24-25,44-45,53-54H,6-7,16-23H2,1-5H3,(H,46,57)(H,47,58)(H,48,55)(H,49,56). The fourth-order valence-electron chi connectivity index (χ4n) is 7.06. The average molecular weight is 792 g/mol. The Balaban J connectivity index is 1.14. The number of H-pyrrole nitrogens is 2. The summed E-state index contributed by atoms with van der Waals surface area (Å²) in [5, 5.41) is 34.3. The molecular formula is C43H53N9O6. The number of aromatic amines is 2. The van der Waals surface area contributed by atoms with Crippen LogP contribution >= 0.6 is 0 Å². The van der Waals surface area contributed by atoms with E-state index in [2.05, 4.69) is 36.1 Å². The minimum atomic E-state index is -0.292. The van der Waals surface area contributed by atoms with Crippen LogP contribution in [0.2, 0.25) is 0 Å². The zero-order chi connectivity index (χ0) is 41.5. The largest absolute Gasteiger partial charge is 0.508 e. The molecule has 58 heavy (non-hydrogen) atoms. The number of nitrogens with one attached hydrogen (secondary N) is 6. The van der Waals surface area contributed by atoms with Gasteiger partial charge in [0.15, 0.2) is 10.9 Å². The molecule has 0 radical (unpaired) electrons. The van der Waals surface area contributed by atoms with E-state index in [0.717, 1.165) is 0 Å². The second kappa shape index (κ2) is 18.4. The van der Waals surface area contributed by atoms with Gasteiger partial charge in [-0.3, -0.25) is 19.2 Å². The van der Waals surface area contributed by atoms with E-state index in [1.807, 2.05) is 45.0 Å². The van der Waals surface area contributed by atoms with Crippen molar-refractivity contribution < 1.29 is 19.8 Å². The monoisotopic (exact) mass is 791 g/mol. The molecule has 0 bridgehead atoms. The fraction of sp³-hybridized carbons (Fsp3) is 0.349. The third kappa shape index (κ3) is 9.50. The van der Waals surface area contributed by atoms with Gasteiger partial charge in [0, 0.05) is 50.0 Å². The van der Waals surface area contributed by atoms with Gasteiger partial charge in [-0.15, -0.1) is 0 Å². The molecule has 0 aliphatic carbocycles. The number of carbonyl (C=O) groups is 2. The van der Waals surface area contributed by atoms with Crippen LogP contribution in [0.4, 0.5) is 11.4 Å². The Kier molecular flexibility index (Phi) is 13.2. The molecule has 0 unspecified atom stereocenters. The maximum atomic E-state index is 13.8. The van der Waals surface area contributed by atoms with Gasteiger partial charge in [-0.2, -0.15) is 0 Å². The summed E-state index contributed by atoms with van der Waals surface area (Å²) >= 11 is 0. The van der Waals surface area contributed by atoms with Gasteiger partial charge in [0.1, 0.15) is 11.5 Å². The number of nitrogens with zero attached hydrogens (tertiary/aromatic N) is 3. The number of pyridine rings is 2. The van der Waals surface area contributed by atoms with Crippen LogP contribution in [0.1, 0.15) is 33.6 Å². The molecule has 6 aromatic rings. The van der Waals surface area contributed by atoms with E-state index in [4.69, 9.17) is 0 Å². The van der Waals surface area contributed by atoms with E-state index >= 15 is 0 Å². The lowest BCUT2D eigenvalue weighted by Crippen LogP contribution is -2.32. The SMILES string of the molecule is CN(C)CCNC(=O)c1ccc2[nH]c3ccc(O)cc3c(=O)c2c1NCCCN(C)CCCNc1c(C(=O)NCCN(C)C)ccc2[nH]c3ccc(O)cc3c(=O)c12. The molecule has 6 rings (SSSR count). The number of anilines is 2. The van der Waals surface area contributed by atoms with Crippen LogP contribution in [0.3, 0.4) is 0 Å². The number of benzene rings is 4. The van der Waals surface area contributed by atoms with Gasteiger partial charge >= 0.3 is 0 Å². The van der Waals surface area contributed by atoms with Crippen molar-refractivity contribution in [1.29, 1.82) is 0 Å². The minimum Gasteiger partial charge on any atom is -0.508 e. The van der Waals surface area contributed by atoms with Gasteiger partial charge in [0.05, 0.1) is 55.3 Å². The second-order valence-electron chi connectivity index (χ2n) is 15.2. The summed E-state index contributed by atoms with van der Waals surface area (Å²) in [7, 11) is 9.72. The van der Waals surface area contributed by atoms with Gasteiger partial charge in [0.2, 0.25) is 0 Å². The van der Waals surface area contributed by atoms with Crippen LogP contribution in [-0.2, 0) is 0 Å². The lowest BCUT2D eigenvalue weighted by Gasteiger charge is -2.20. The highest BCUT2D eigenvalue weighted by atomic mass is 16.3. The Morgan fingerprint density at radius 3 is 1.34 bits per heavy atom. The Morgan fingerprint density at radius 1 is 0.552 bits per heavy atom. The number of hydrogen-bond donors (Lipinski definition) is 8. The van der Waals surface area contributed by atoms with Crippen molar-refractivity contribution in [3.8, 4) is 11.5 Å². The predicted molar refractivity (Wildman–Crippen MR) is 233 cm³/mol. The van der Waals surface area contributed by atoms with Crippen molar-refractivity contribution in [2.24, 2.45) is 0 Å². The number of carbonyl (C=O) groups excluding carboxylic acids is 2. The van der Waals surface area contributed by atoms with Crippen LogP contribution in [0.25, 0.3) is 43.6 Å². The summed E-state index contributed by atoms with van der Waals surface area (Å²) in [5.74, 6) is -0.630. The molecule has 0 atom stereocenters. The highest BCUT2D eigenvalue weighted by Gasteiger charge is 2.20. The topological polar surface area (TPSA) is 198 Å². The molecule has 15 nitrogen and oxygen atoms in total. The summed E-state index contributed by atoms with van der Waals surface area (Å²) in [4.78, 5) is 67.2. The Hall–Kier alpha value is -6.16. The van der Waals surface area contributed by atoms with Gasteiger partial charge in [-0.05, 0) is 122 Å². The van der Waals surface area contributed by atoms with Crippen LogP contribution in [0.5, 0.6) is 11.5 Å². The van der Waals surface area contributed by atoms with Crippen molar-refractivity contribution >= 4 is 66.8 Å². The highest BCUT2D eigenvalue weighted by Crippen LogP contribution is 2.29. The molecular weight excluding hydrogens is 739 g/mol. The number of fused-ring (bicyclic) bond motifs is 4. The normalized spacial score (nSPS) is 11.7. The lowest BCUT2D eigenvalue weighted by molar-refractivity contribution is 0.0943. The number of likely N-dealkylation sites (N-methyl/N-ethyl adjacent to an activating group) is 2. The molecule has 2 amide bonds. The zero-order valence-electron chi connectivity index (χ0n) is 33.7. The van der Waals surface area contributed by atoms with E-state index < -0.39 is 0 Å². The average Bonchev–Trinajstić information content (AvgIpc) is 3.18. The summed E-state index contributed by atoms with van der Waals surface area (Å²) in [5.41, 5.74) is 3.34. The van der Waals surface area contributed by atoms with Crippen molar-refractivity contribution in [1.82, 2.24) is 35.3 Å². The molecule has 0 saturated carbocycles. The third-order valence-corrected chi connectivity index (χ3v) is 10.1. The third-order valence-electron chi connectivity index (χ3n) is 10.1. The van der Waals surface area contributed by atoms with Gasteiger partial charge in [-0.25, -0.2) is 0 Å². The smallest absolute Gasteiger partial charge is 0.253 e. The zero-order valence-corrected chi connectivity index (χ0v) is 33.7. The molecule has 0 spiro atoms. The fourth-order valence-corrected chi connectivity index (χ4v) is 7.06. The van der Waals surface area contributed by atoms with Crippen LogP contribution in [0.15, 0.2) is 70.3 Å². The maximum Gasteiger partial charge on any atom is 0.253 e. The van der Waals surface area contributed by atoms with E-state index in [1.165, 1.54) is 24.3 Å². The molecule has 8 N–H and O–H groups in total. The van der Waals surface area contributed by atoms with E-state index in [9.17, 15) is 29.4 Å². The number of hydrogen-bond acceptors (Lipinski definition) is 11. The quantitative estimate of drug-likeness (QED) is 0.0464. The Labute approximate surface area is 336 Å². The number of aromatic hydroxyl groups is 2. The summed E-state index contributed by atoms with van der Waals surface area (Å²) in [6, 6.07) is 16.1. The van der Waals surface area contributed by atoms with Crippen molar-refractivity contribution in [2.45, 2.75) is 12.8 Å². The molecule has 0 fully saturated rings. The van der Waals surface area contributed by atoms with Crippen molar-refractivity contribution in [3.63, 3.8) is 0 Å². The van der Waals surface area contributed by atoms with Crippen LogP contribution in [-0.4, -0.2) is 134 Å². The van der Waals surface area contributed by atoms with Crippen molar-refractivity contribution in [2.75, 3.05) is 98.2 Å². The lowest BCUT2D eigenvalue weighted by atomic mass is 10.0. The second-order valence-corrected chi connectivity index (χ2v) is 15.2. The molecule has 0 aliphatic heterocycles. The predicted octanol–water partition coefficient (Wildman–Crippen LogP) is 3.91. The number of aromatic nitrogens is 2. The first-order valence-corrected chi connectivity index (χ1v) is 19.5. The molecule has 306 valence electrons. The first-order valence-electron chi connectivity index (χ1n) is 19.5. The summed E-state index contributed by atoms with van der Waals surface area (Å²) in [6.07, 6.45) is 1.40. The number of phenols is 2.